The molecule has 4 rings (SSSR count). The molecule has 0 saturated carbocycles. The van der Waals surface area contributed by atoms with Gasteiger partial charge in [-0.1, -0.05) is 18.2 Å². The minimum absolute atomic E-state index is 0.138. The fourth-order valence-corrected chi connectivity index (χ4v) is 4.40. The van der Waals surface area contributed by atoms with E-state index in [0.29, 0.717) is 32.5 Å². The first kappa shape index (κ1) is 24.6. The average Bonchev–Trinajstić information content (AvgIpc) is 3.16. The number of likely N-dealkylation sites (N-methyl/N-ethyl adjacent to an activating group) is 1. The largest absolute Gasteiger partial charge is 0.459 e. The number of hydrogen-bond donors (Lipinski definition) is 2. The molecule has 3 aromatic rings. The first-order valence-corrected chi connectivity index (χ1v) is 11.8. The molecule has 0 aliphatic carbocycles. The first-order chi connectivity index (χ1) is 16.9. The number of furan rings is 1. The number of pyridine rings is 1. The standard InChI is InChI=1S/C27H32N4O4/c1-18-23-6-4-5-7-24(23)35-25(18)16-30(3)26(34)11-8-19-12-20(27(28-2)29-13-19)9-10-21(17-32)31-14-22(33)15-31/h4-8,11-13,17,21-22,33H,9-10,14-16H2,1-3H3,(H,28,29)/b11-8+. The molecule has 8 nitrogen and oxygen atoms in total. The van der Waals surface area contributed by atoms with Gasteiger partial charge in [-0.25, -0.2) is 4.98 Å². The minimum Gasteiger partial charge on any atom is -0.459 e. The van der Waals surface area contributed by atoms with Crippen molar-refractivity contribution in [3.63, 3.8) is 0 Å². The number of carbonyl (C=O) groups excluding carboxylic acids is 2. The molecule has 0 bridgehead atoms. The van der Waals surface area contributed by atoms with Gasteiger partial charge in [-0.2, -0.15) is 0 Å². The lowest BCUT2D eigenvalue weighted by molar-refractivity contribution is -0.125. The highest BCUT2D eigenvalue weighted by atomic mass is 16.3. The zero-order chi connectivity index (χ0) is 24.9. The van der Waals surface area contributed by atoms with Gasteiger partial charge in [0.25, 0.3) is 0 Å². The molecular formula is C27H32N4O4. The maximum atomic E-state index is 12.7. The van der Waals surface area contributed by atoms with Crippen molar-refractivity contribution in [2.24, 2.45) is 0 Å². The van der Waals surface area contributed by atoms with Crippen LogP contribution < -0.4 is 5.32 Å². The van der Waals surface area contributed by atoms with Crippen LogP contribution in [-0.2, 0) is 22.6 Å². The Bertz CT molecular complexity index is 1230. The summed E-state index contributed by atoms with van der Waals surface area (Å²) in [5.41, 5.74) is 3.65. The number of aldehydes is 1. The van der Waals surface area contributed by atoms with Crippen molar-refractivity contribution in [3.05, 3.63) is 65.1 Å². The number of benzene rings is 1. The van der Waals surface area contributed by atoms with Gasteiger partial charge in [0.05, 0.1) is 18.7 Å². The molecular weight excluding hydrogens is 444 g/mol. The second-order valence-corrected chi connectivity index (χ2v) is 9.05. The number of aryl methyl sites for hydroxylation is 2. The van der Waals surface area contributed by atoms with Crippen molar-refractivity contribution < 1.29 is 19.1 Å². The maximum absolute atomic E-state index is 12.7. The van der Waals surface area contributed by atoms with E-state index in [1.54, 1.807) is 24.2 Å². The number of rotatable bonds is 10. The summed E-state index contributed by atoms with van der Waals surface area (Å²) in [6.45, 7) is 3.45. The quantitative estimate of drug-likeness (QED) is 0.343. The van der Waals surface area contributed by atoms with Crippen molar-refractivity contribution in [2.75, 3.05) is 32.5 Å². The van der Waals surface area contributed by atoms with Gasteiger partial charge in [0.15, 0.2) is 0 Å². The van der Waals surface area contributed by atoms with Crippen molar-refractivity contribution >= 4 is 35.1 Å². The van der Waals surface area contributed by atoms with E-state index in [0.717, 1.165) is 45.5 Å². The molecule has 184 valence electrons. The van der Waals surface area contributed by atoms with Crippen LogP contribution in [0.5, 0.6) is 0 Å². The van der Waals surface area contributed by atoms with E-state index in [1.807, 2.05) is 49.2 Å². The van der Waals surface area contributed by atoms with Crippen molar-refractivity contribution in [3.8, 4) is 0 Å². The fourth-order valence-electron chi connectivity index (χ4n) is 4.40. The summed E-state index contributed by atoms with van der Waals surface area (Å²) >= 11 is 0. The minimum atomic E-state index is -0.341. The van der Waals surface area contributed by atoms with E-state index in [1.165, 1.54) is 6.08 Å². The molecule has 1 fully saturated rings. The topological polar surface area (TPSA) is 98.9 Å². The van der Waals surface area contributed by atoms with Crippen molar-refractivity contribution in [1.29, 1.82) is 0 Å². The lowest BCUT2D eigenvalue weighted by atomic mass is 10.0. The fraction of sp³-hybridized carbons (Fsp3) is 0.370. The molecule has 1 unspecified atom stereocenters. The number of anilines is 1. The summed E-state index contributed by atoms with van der Waals surface area (Å²) in [5, 5.41) is 13.7. The van der Waals surface area contributed by atoms with E-state index in [2.05, 4.69) is 10.3 Å². The lowest BCUT2D eigenvalue weighted by Gasteiger charge is -2.39. The Balaban J connectivity index is 1.40. The van der Waals surface area contributed by atoms with Gasteiger partial charge in [0, 0.05) is 50.4 Å². The SMILES string of the molecule is CNc1ncc(/C=C/C(=O)N(C)Cc2oc3ccccc3c2C)cc1CCC(C=O)N1CC(O)C1. The van der Waals surface area contributed by atoms with Crippen molar-refractivity contribution in [2.45, 2.75) is 38.5 Å². The van der Waals surface area contributed by atoms with Gasteiger partial charge in [-0.05, 0) is 49.1 Å². The number of fused-ring (bicyclic) bond motifs is 1. The zero-order valence-electron chi connectivity index (χ0n) is 20.4. The van der Waals surface area contributed by atoms with Gasteiger partial charge in [-0.3, -0.25) is 9.69 Å². The van der Waals surface area contributed by atoms with Crippen LogP contribution in [0.2, 0.25) is 0 Å². The summed E-state index contributed by atoms with van der Waals surface area (Å²) in [6.07, 6.45) is 6.90. The normalized spacial score (nSPS) is 15.3. The molecule has 1 saturated heterocycles. The van der Waals surface area contributed by atoms with E-state index in [9.17, 15) is 14.7 Å². The number of carbonyl (C=O) groups is 2. The lowest BCUT2D eigenvalue weighted by Crippen LogP contribution is -2.56. The Labute approximate surface area is 205 Å². The third-order valence-electron chi connectivity index (χ3n) is 6.57. The monoisotopic (exact) mass is 476 g/mol. The van der Waals surface area contributed by atoms with Crippen LogP contribution in [0, 0.1) is 6.92 Å². The summed E-state index contributed by atoms with van der Waals surface area (Å²) in [5.74, 6) is 1.39. The van der Waals surface area contributed by atoms with Crippen LogP contribution in [-0.4, -0.2) is 71.4 Å². The van der Waals surface area contributed by atoms with E-state index in [-0.39, 0.29) is 18.1 Å². The second kappa shape index (κ2) is 10.8. The number of aliphatic hydroxyl groups excluding tert-OH is 1. The number of nitrogens with one attached hydrogen (secondary N) is 1. The number of amides is 1. The highest BCUT2D eigenvalue weighted by Gasteiger charge is 2.30. The molecule has 8 heteroatoms. The molecule has 35 heavy (non-hydrogen) atoms. The van der Waals surface area contributed by atoms with Gasteiger partial charge >= 0.3 is 0 Å². The number of hydrogen-bond acceptors (Lipinski definition) is 7. The number of para-hydroxylation sites is 1. The highest BCUT2D eigenvalue weighted by Crippen LogP contribution is 2.26. The Hall–Kier alpha value is -3.49. The number of likely N-dealkylation sites (tertiary alicyclic amines) is 1. The molecule has 0 radical (unpaired) electrons. The first-order valence-electron chi connectivity index (χ1n) is 11.8. The van der Waals surface area contributed by atoms with Crippen LogP contribution in [0.3, 0.4) is 0 Å². The number of aromatic nitrogens is 1. The molecule has 2 N–H and O–H groups in total. The summed E-state index contributed by atoms with van der Waals surface area (Å²) in [4.78, 5) is 32.3. The smallest absolute Gasteiger partial charge is 0.246 e. The molecule has 1 aromatic carbocycles. The summed E-state index contributed by atoms with van der Waals surface area (Å²) < 4.78 is 5.94. The van der Waals surface area contributed by atoms with Gasteiger partial charge in [-0.15, -0.1) is 0 Å². The Morgan fingerprint density at radius 2 is 2.14 bits per heavy atom. The second-order valence-electron chi connectivity index (χ2n) is 9.05. The molecule has 2 aromatic heterocycles. The predicted molar refractivity (Wildman–Crippen MR) is 136 cm³/mol. The van der Waals surface area contributed by atoms with Crippen LogP contribution in [0.1, 0.15) is 28.9 Å². The predicted octanol–water partition coefficient (Wildman–Crippen LogP) is 3.03. The maximum Gasteiger partial charge on any atom is 0.246 e. The van der Waals surface area contributed by atoms with E-state index in [4.69, 9.17) is 4.42 Å². The molecule has 0 spiro atoms. The highest BCUT2D eigenvalue weighted by molar-refractivity contribution is 5.91. The third kappa shape index (κ3) is 5.61. The van der Waals surface area contributed by atoms with Gasteiger partial charge in [0.2, 0.25) is 5.91 Å². The number of β-amino-alcohol motifs (C(OH)–C–C–N with tert-alkyl or cyclic N) is 1. The van der Waals surface area contributed by atoms with Gasteiger partial charge in [0.1, 0.15) is 23.4 Å². The van der Waals surface area contributed by atoms with Crippen LogP contribution in [0.4, 0.5) is 5.82 Å². The van der Waals surface area contributed by atoms with Crippen LogP contribution in [0.15, 0.2) is 47.0 Å². The molecule has 1 amide bonds. The van der Waals surface area contributed by atoms with E-state index >= 15 is 0 Å². The van der Waals surface area contributed by atoms with Crippen LogP contribution in [0.25, 0.3) is 17.0 Å². The Morgan fingerprint density at radius 3 is 2.83 bits per heavy atom. The molecule has 1 atom stereocenters. The van der Waals surface area contributed by atoms with Gasteiger partial charge < -0.3 is 24.5 Å². The summed E-state index contributed by atoms with van der Waals surface area (Å²) in [6, 6.07) is 9.61. The Morgan fingerprint density at radius 1 is 1.37 bits per heavy atom. The number of aliphatic hydroxyl groups is 1. The molecule has 3 heterocycles. The van der Waals surface area contributed by atoms with Crippen LogP contribution >= 0.6 is 0 Å². The number of nitrogens with zero attached hydrogens (tertiary/aromatic N) is 3. The Kier molecular flexibility index (Phi) is 7.63. The summed E-state index contributed by atoms with van der Waals surface area (Å²) in [7, 11) is 3.56. The average molecular weight is 477 g/mol. The molecule has 1 aliphatic heterocycles. The van der Waals surface area contributed by atoms with Crippen molar-refractivity contribution in [1.82, 2.24) is 14.8 Å². The van der Waals surface area contributed by atoms with E-state index < -0.39 is 0 Å². The third-order valence-corrected chi connectivity index (χ3v) is 6.57. The zero-order valence-corrected chi connectivity index (χ0v) is 20.4. The molecule has 1 aliphatic rings.